The van der Waals surface area contributed by atoms with E-state index in [0.717, 1.165) is 112 Å². The zero-order valence-corrected chi connectivity index (χ0v) is 40.1. The number of nitrogens with zero attached hydrogens (tertiary/aromatic N) is 6. The monoisotopic (exact) mass is 940 g/mol. The number of piperidine rings is 3. The van der Waals surface area contributed by atoms with Crippen LogP contribution < -0.4 is 32.3 Å². The number of benzene rings is 2. The van der Waals surface area contributed by atoms with Gasteiger partial charge in [-0.25, -0.2) is 13.6 Å². The second-order valence-corrected chi connectivity index (χ2v) is 19.6. The number of fused-ring (bicyclic) bond motifs is 2. The molecular formula is C51H71F2N11O4. The molecule has 0 saturated carbocycles. The number of imidazole rings is 1. The van der Waals surface area contributed by atoms with E-state index in [1.54, 1.807) is 48.5 Å². The number of alkyl halides is 2. The maximum atomic E-state index is 14.6. The molecule has 0 radical (unpaired) electrons. The lowest BCUT2D eigenvalue weighted by Gasteiger charge is -2.42. The number of carbonyl (C=O) groups is 3. The number of halogens is 2. The van der Waals surface area contributed by atoms with Crippen molar-refractivity contribution in [3.8, 4) is 0 Å². The molecule has 8 rings (SSSR count). The number of hydrogen-bond donors (Lipinski definition) is 5. The van der Waals surface area contributed by atoms with E-state index in [9.17, 15) is 28.0 Å². The number of allylic oxidation sites excluding steroid dienone is 1. The van der Waals surface area contributed by atoms with Crippen LogP contribution >= 0.6 is 0 Å². The quantitative estimate of drug-likeness (QED) is 0.0689. The van der Waals surface area contributed by atoms with Gasteiger partial charge in [0.05, 0.1) is 11.0 Å². The fourth-order valence-electron chi connectivity index (χ4n) is 11.3. The van der Waals surface area contributed by atoms with Crippen molar-refractivity contribution in [2.75, 3.05) is 70.9 Å². The minimum Gasteiger partial charge on any atom is -0.393 e. The average molecular weight is 940 g/mol. The summed E-state index contributed by atoms with van der Waals surface area (Å²) in [6, 6.07) is 9.09. The van der Waals surface area contributed by atoms with Crippen molar-refractivity contribution in [1.29, 1.82) is 5.41 Å². The Balaban J connectivity index is 0.787. The van der Waals surface area contributed by atoms with Crippen molar-refractivity contribution in [3.05, 3.63) is 80.5 Å². The molecule has 15 nitrogen and oxygen atoms in total. The predicted molar refractivity (Wildman–Crippen MR) is 263 cm³/mol. The first kappa shape index (κ1) is 49.0. The summed E-state index contributed by atoms with van der Waals surface area (Å²) in [6.45, 7) is 9.70. The van der Waals surface area contributed by atoms with Crippen molar-refractivity contribution in [2.24, 2.45) is 18.7 Å². The molecule has 3 fully saturated rings. The highest BCUT2D eigenvalue weighted by Gasteiger charge is 2.34. The van der Waals surface area contributed by atoms with E-state index < -0.39 is 24.5 Å². The van der Waals surface area contributed by atoms with E-state index in [2.05, 4.69) is 37.9 Å². The Morgan fingerprint density at radius 1 is 0.926 bits per heavy atom. The summed E-state index contributed by atoms with van der Waals surface area (Å²) < 4.78 is 32.3. The second-order valence-electron chi connectivity index (χ2n) is 19.6. The molecule has 1 aromatic heterocycles. The van der Waals surface area contributed by atoms with E-state index >= 15 is 0 Å². The maximum Gasteiger partial charge on any atom is 0.329 e. The van der Waals surface area contributed by atoms with Gasteiger partial charge in [-0.15, -0.1) is 0 Å². The summed E-state index contributed by atoms with van der Waals surface area (Å²) in [5.74, 6) is -0.0476. The fraction of sp³-hybridized carbons (Fsp3) is 0.588. The Morgan fingerprint density at radius 3 is 2.31 bits per heavy atom. The van der Waals surface area contributed by atoms with Crippen LogP contribution in [0.2, 0.25) is 0 Å². The van der Waals surface area contributed by atoms with Gasteiger partial charge in [0.15, 0.2) is 0 Å². The average Bonchev–Trinajstić information content (AvgIpc) is 3.58. The number of likely N-dealkylation sites (tertiary alicyclic amines) is 2. The molecular weight excluding hydrogens is 869 g/mol. The summed E-state index contributed by atoms with van der Waals surface area (Å²) >= 11 is 0. The minimum atomic E-state index is -2.73. The molecule has 2 atom stereocenters. The zero-order chi connectivity index (χ0) is 48.1. The molecule has 2 aromatic carbocycles. The Hall–Kier alpha value is -5.39. The van der Waals surface area contributed by atoms with Crippen molar-refractivity contribution in [3.63, 3.8) is 0 Å². The third-order valence-electron chi connectivity index (χ3n) is 15.3. The van der Waals surface area contributed by atoms with E-state index in [1.165, 1.54) is 31.2 Å². The Bertz CT molecular complexity index is 2460. The summed E-state index contributed by atoms with van der Waals surface area (Å²) in [6.07, 6.45) is 10.9. The van der Waals surface area contributed by atoms with Crippen molar-refractivity contribution >= 4 is 46.2 Å². The Labute approximate surface area is 398 Å². The Kier molecular flexibility index (Phi) is 15.8. The third kappa shape index (κ3) is 10.9. The van der Waals surface area contributed by atoms with Crippen LogP contribution in [-0.2, 0) is 34.3 Å². The molecule has 3 saturated heterocycles. The molecule has 5 aliphatic heterocycles. The maximum absolute atomic E-state index is 14.6. The second kappa shape index (κ2) is 21.9. The van der Waals surface area contributed by atoms with Gasteiger partial charge in [-0.3, -0.25) is 28.8 Å². The largest absolute Gasteiger partial charge is 0.393 e. The van der Waals surface area contributed by atoms with Gasteiger partial charge in [0.1, 0.15) is 12.2 Å². The number of carbonyl (C=O) groups excluding carboxylic acids is 3. The first-order valence-corrected chi connectivity index (χ1v) is 24.9. The number of amides is 3. The summed E-state index contributed by atoms with van der Waals surface area (Å²) in [5.41, 5.74) is 13.9. The Morgan fingerprint density at radius 2 is 1.65 bits per heavy atom. The van der Waals surface area contributed by atoms with Gasteiger partial charge in [0, 0.05) is 113 Å². The highest BCUT2D eigenvalue weighted by molar-refractivity contribution is 6.09. The van der Waals surface area contributed by atoms with Crippen molar-refractivity contribution in [1.82, 2.24) is 39.8 Å². The summed E-state index contributed by atoms with van der Waals surface area (Å²) in [5, 5.41) is 17.0. The van der Waals surface area contributed by atoms with Crippen LogP contribution in [0.1, 0.15) is 112 Å². The van der Waals surface area contributed by atoms with Crippen molar-refractivity contribution < 1.29 is 23.2 Å². The van der Waals surface area contributed by atoms with Crippen LogP contribution in [0.4, 0.5) is 14.5 Å². The van der Waals surface area contributed by atoms with E-state index in [1.807, 2.05) is 15.9 Å². The number of unbranched alkanes of at least 4 members (excludes halogenated alkanes) is 1. The van der Waals surface area contributed by atoms with Crippen LogP contribution in [0.15, 0.2) is 52.6 Å². The molecule has 3 amide bonds. The lowest BCUT2D eigenvalue weighted by atomic mass is 9.90. The molecule has 0 spiro atoms. The van der Waals surface area contributed by atoms with E-state index in [-0.39, 0.29) is 35.5 Å². The molecule has 3 aromatic rings. The zero-order valence-electron chi connectivity index (χ0n) is 40.1. The van der Waals surface area contributed by atoms with Crippen LogP contribution in [0.25, 0.3) is 16.6 Å². The summed E-state index contributed by atoms with van der Waals surface area (Å²) in [7, 11) is 3.43. The number of aryl methyl sites for hydroxylation is 3. The standard InChI is InChI=1S/C51H71F2N11O4/c1-33(65)62-26-18-42(41(32-62)49(55)63-21-6-7-36-28-39(37(30-54)31-56-2)40(48(52)53)29-45(36)63)57-38-16-24-61(25-17-38)20-5-4-19-60-22-14-34(15-23-60)8-9-35-10-11-43-46(27-35)59(3)51(68)64(43)44-12-13-47(66)58-50(44)67/h10-11,27-31,34,38,44,48-49,54,56-57H,4-9,12-26,32,55H2,1-3H3,(H,58,66,67)/b37-31+,54-30?. The molecule has 2 unspecified atom stereocenters. The number of anilines is 1. The fourth-order valence-corrected chi connectivity index (χ4v) is 11.3. The molecule has 0 bridgehead atoms. The van der Waals surface area contributed by atoms with Gasteiger partial charge in [-0.2, -0.15) is 0 Å². The first-order valence-electron chi connectivity index (χ1n) is 24.9. The number of hydrogen-bond acceptors (Lipinski definition) is 11. The number of aromatic nitrogens is 2. The lowest BCUT2D eigenvalue weighted by molar-refractivity contribution is -0.135. The first-order chi connectivity index (χ1) is 32.8. The van der Waals surface area contributed by atoms with Crippen molar-refractivity contribution in [2.45, 2.75) is 115 Å². The van der Waals surface area contributed by atoms with Gasteiger partial charge < -0.3 is 41.4 Å². The normalized spacial score (nSPS) is 21.1. The topological polar surface area (TPSA) is 177 Å². The highest BCUT2D eigenvalue weighted by Crippen LogP contribution is 2.39. The van der Waals surface area contributed by atoms with Crippen LogP contribution in [0.5, 0.6) is 0 Å². The summed E-state index contributed by atoms with van der Waals surface area (Å²) in [4.78, 5) is 59.2. The smallest absolute Gasteiger partial charge is 0.329 e. The van der Waals surface area contributed by atoms with Crippen LogP contribution in [-0.4, -0.2) is 126 Å². The third-order valence-corrected chi connectivity index (χ3v) is 15.3. The number of nitrogens with two attached hydrogens (primary N) is 1. The van der Waals surface area contributed by atoms with Gasteiger partial charge in [0.25, 0.3) is 6.43 Å². The predicted octanol–water partition coefficient (Wildman–Crippen LogP) is 5.19. The lowest BCUT2D eigenvalue weighted by Crippen LogP contribution is -2.52. The van der Waals surface area contributed by atoms with Gasteiger partial charge in [0.2, 0.25) is 17.7 Å². The van der Waals surface area contributed by atoms with E-state index in [4.69, 9.17) is 11.1 Å². The molecule has 6 N–H and O–H groups in total. The van der Waals surface area contributed by atoms with Crippen LogP contribution in [0, 0.1) is 11.3 Å². The highest BCUT2D eigenvalue weighted by atomic mass is 19.3. The SMILES string of the molecule is CN/C=C(\C=N)c1cc2c(cc1C(F)F)N(C(N)C1=C(NC3CCN(CCCCN4CCC(CCc5ccc6c(c5)n(C)c(=O)n6C5CCC(=O)NC5=O)CC4)CC3)CCN(C(C)=O)C1)CCC2. The molecule has 6 heterocycles. The van der Waals surface area contributed by atoms with Gasteiger partial charge >= 0.3 is 5.69 Å². The number of nitrogens with one attached hydrogen (secondary N) is 4. The molecule has 0 aliphatic carbocycles. The van der Waals surface area contributed by atoms with Crippen LogP contribution in [0.3, 0.4) is 0 Å². The van der Waals surface area contributed by atoms with Gasteiger partial charge in [-0.1, -0.05) is 6.07 Å². The molecule has 5 aliphatic rings. The minimum absolute atomic E-state index is 0.00772. The molecule has 17 heteroatoms. The number of imide groups is 1. The van der Waals surface area contributed by atoms with E-state index in [0.29, 0.717) is 55.2 Å². The number of rotatable bonds is 17. The molecule has 368 valence electrons. The van der Waals surface area contributed by atoms with Gasteiger partial charge in [-0.05, 0) is 144 Å². The molecule has 68 heavy (non-hydrogen) atoms.